The van der Waals surface area contributed by atoms with Gasteiger partial charge in [0.25, 0.3) is 0 Å². The van der Waals surface area contributed by atoms with Gasteiger partial charge in [-0.15, -0.1) is 0 Å². The number of ether oxygens (including phenoxy) is 1. The second-order valence-corrected chi connectivity index (χ2v) is 5.94. The average molecular weight is 279 g/mol. The van der Waals surface area contributed by atoms with Crippen molar-refractivity contribution in [1.29, 1.82) is 0 Å². The Balaban J connectivity index is 2.01. The number of pyridine rings is 1. The van der Waals surface area contributed by atoms with E-state index in [9.17, 15) is 5.11 Å². The summed E-state index contributed by atoms with van der Waals surface area (Å²) in [6, 6.07) is 0. The second kappa shape index (κ2) is 6.08. The van der Waals surface area contributed by atoms with Crippen molar-refractivity contribution in [3.05, 3.63) is 23.0 Å². The van der Waals surface area contributed by atoms with Crippen LogP contribution in [0.1, 0.15) is 29.7 Å². The van der Waals surface area contributed by atoms with Gasteiger partial charge >= 0.3 is 0 Å². The van der Waals surface area contributed by atoms with E-state index in [1.165, 1.54) is 0 Å². The van der Waals surface area contributed by atoms with E-state index in [1.807, 2.05) is 27.1 Å². The van der Waals surface area contributed by atoms with E-state index in [2.05, 4.69) is 9.88 Å². The number of anilines is 1. The number of likely N-dealkylation sites (N-methyl/N-ethyl adjacent to an activating group) is 1. The third-order valence-electron chi connectivity index (χ3n) is 4.08. The normalized spacial score (nSPS) is 18.4. The highest BCUT2D eigenvalue weighted by Crippen LogP contribution is 2.23. The number of aliphatic hydroxyl groups is 1. The van der Waals surface area contributed by atoms with Gasteiger partial charge < -0.3 is 15.6 Å². The van der Waals surface area contributed by atoms with Gasteiger partial charge in [0.2, 0.25) is 0 Å². The number of nitrogen functional groups attached to an aromatic ring is 1. The number of rotatable bonds is 4. The lowest BCUT2D eigenvalue weighted by atomic mass is 9.94. The fourth-order valence-electron chi connectivity index (χ4n) is 2.68. The first-order valence-electron chi connectivity index (χ1n) is 7.10. The van der Waals surface area contributed by atoms with Crippen LogP contribution in [-0.2, 0) is 11.3 Å². The van der Waals surface area contributed by atoms with E-state index < -0.39 is 5.60 Å². The molecule has 0 unspecified atom stereocenters. The van der Waals surface area contributed by atoms with Crippen molar-refractivity contribution >= 4 is 5.69 Å². The predicted octanol–water partition coefficient (Wildman–Crippen LogP) is 1.25. The van der Waals surface area contributed by atoms with E-state index in [0.29, 0.717) is 39.1 Å². The fourth-order valence-corrected chi connectivity index (χ4v) is 2.68. The number of aromatic nitrogens is 1. The van der Waals surface area contributed by atoms with Crippen molar-refractivity contribution in [1.82, 2.24) is 9.88 Å². The topological polar surface area (TPSA) is 71.6 Å². The molecule has 0 aliphatic carbocycles. The highest BCUT2D eigenvalue weighted by Gasteiger charge is 2.31. The summed E-state index contributed by atoms with van der Waals surface area (Å²) in [4.78, 5) is 6.57. The molecule has 0 saturated carbocycles. The summed E-state index contributed by atoms with van der Waals surface area (Å²) in [6.07, 6.45) is 3.20. The summed E-state index contributed by atoms with van der Waals surface area (Å²) in [7, 11) is 2.00. The van der Waals surface area contributed by atoms with Crippen LogP contribution in [0.5, 0.6) is 0 Å². The monoisotopic (exact) mass is 279 g/mol. The standard InChI is InChI=1S/C15H25N3O2/c1-11-8-17-13(12(2)14(11)16)9-18(3)10-15(19)4-6-20-7-5-15/h8,19H,4-7,9-10H2,1-3H3,(H2,16,17). The molecule has 20 heavy (non-hydrogen) atoms. The van der Waals surface area contributed by atoms with E-state index >= 15 is 0 Å². The van der Waals surface area contributed by atoms with Crippen LogP contribution in [0.25, 0.3) is 0 Å². The molecule has 1 aromatic heterocycles. The Morgan fingerprint density at radius 3 is 2.70 bits per heavy atom. The maximum Gasteiger partial charge on any atom is 0.0817 e. The van der Waals surface area contributed by atoms with Gasteiger partial charge in [0.15, 0.2) is 0 Å². The molecule has 0 radical (unpaired) electrons. The average Bonchev–Trinajstić information content (AvgIpc) is 2.40. The highest BCUT2D eigenvalue weighted by molar-refractivity contribution is 5.53. The number of hydrogen-bond donors (Lipinski definition) is 2. The molecule has 1 fully saturated rings. The van der Waals surface area contributed by atoms with Gasteiger partial charge in [-0.3, -0.25) is 9.88 Å². The van der Waals surface area contributed by atoms with E-state index in [-0.39, 0.29) is 0 Å². The van der Waals surface area contributed by atoms with E-state index in [1.54, 1.807) is 0 Å². The fraction of sp³-hybridized carbons (Fsp3) is 0.667. The summed E-state index contributed by atoms with van der Waals surface area (Å²) in [5.41, 5.74) is 9.24. The molecular weight excluding hydrogens is 254 g/mol. The number of nitrogens with two attached hydrogens (primary N) is 1. The Morgan fingerprint density at radius 1 is 1.40 bits per heavy atom. The van der Waals surface area contributed by atoms with Gasteiger partial charge in [0.05, 0.1) is 11.3 Å². The maximum atomic E-state index is 10.5. The molecule has 1 aromatic rings. The molecule has 0 aromatic carbocycles. The lowest BCUT2D eigenvalue weighted by molar-refractivity contribution is -0.0778. The summed E-state index contributed by atoms with van der Waals surface area (Å²) >= 11 is 0. The lowest BCUT2D eigenvalue weighted by Gasteiger charge is -2.35. The lowest BCUT2D eigenvalue weighted by Crippen LogP contribution is -2.45. The molecule has 0 spiro atoms. The van der Waals surface area contributed by atoms with Crippen molar-refractivity contribution in [2.75, 3.05) is 32.5 Å². The number of aryl methyl sites for hydroxylation is 1. The van der Waals surface area contributed by atoms with Crippen molar-refractivity contribution in [3.63, 3.8) is 0 Å². The first-order valence-corrected chi connectivity index (χ1v) is 7.10. The van der Waals surface area contributed by atoms with Gasteiger partial charge in [-0.05, 0) is 32.0 Å². The van der Waals surface area contributed by atoms with Crippen molar-refractivity contribution in [3.8, 4) is 0 Å². The van der Waals surface area contributed by atoms with Crippen LogP contribution in [0.3, 0.4) is 0 Å². The summed E-state index contributed by atoms with van der Waals surface area (Å²) in [5.74, 6) is 0. The van der Waals surface area contributed by atoms with Gasteiger partial charge in [-0.1, -0.05) is 0 Å². The summed E-state index contributed by atoms with van der Waals surface area (Å²) in [6.45, 7) is 6.57. The van der Waals surface area contributed by atoms with E-state index in [0.717, 1.165) is 22.5 Å². The Kier molecular flexibility index (Phi) is 4.62. The SMILES string of the molecule is Cc1cnc(CN(C)CC2(O)CCOCC2)c(C)c1N. The Hall–Kier alpha value is -1.17. The Morgan fingerprint density at radius 2 is 2.05 bits per heavy atom. The number of nitrogens with zero attached hydrogens (tertiary/aromatic N) is 2. The van der Waals surface area contributed by atoms with Crippen LogP contribution in [0.4, 0.5) is 5.69 Å². The minimum Gasteiger partial charge on any atom is -0.398 e. The van der Waals surface area contributed by atoms with Gasteiger partial charge in [-0.25, -0.2) is 0 Å². The molecule has 0 bridgehead atoms. The summed E-state index contributed by atoms with van der Waals surface area (Å²) in [5, 5.41) is 10.5. The largest absolute Gasteiger partial charge is 0.398 e. The highest BCUT2D eigenvalue weighted by atomic mass is 16.5. The molecule has 1 saturated heterocycles. The molecule has 5 nitrogen and oxygen atoms in total. The predicted molar refractivity (Wildman–Crippen MR) is 79.5 cm³/mol. The Labute approximate surface area is 120 Å². The molecule has 1 aliphatic heterocycles. The second-order valence-electron chi connectivity index (χ2n) is 5.94. The minimum absolute atomic E-state index is 0.630. The van der Waals surface area contributed by atoms with Crippen LogP contribution >= 0.6 is 0 Å². The van der Waals surface area contributed by atoms with Gasteiger partial charge in [0, 0.05) is 51.0 Å². The first kappa shape index (κ1) is 15.2. The quantitative estimate of drug-likeness (QED) is 0.868. The van der Waals surface area contributed by atoms with Gasteiger partial charge in [0.1, 0.15) is 0 Å². The first-order chi connectivity index (χ1) is 9.41. The zero-order valence-electron chi connectivity index (χ0n) is 12.6. The Bertz CT molecular complexity index is 470. The molecule has 2 rings (SSSR count). The maximum absolute atomic E-state index is 10.5. The third kappa shape index (κ3) is 3.48. The van der Waals surface area contributed by atoms with Crippen LogP contribution in [0.2, 0.25) is 0 Å². The number of hydrogen-bond acceptors (Lipinski definition) is 5. The molecule has 2 heterocycles. The van der Waals surface area contributed by atoms with Crippen molar-refractivity contribution < 1.29 is 9.84 Å². The van der Waals surface area contributed by atoms with Crippen molar-refractivity contribution in [2.45, 2.75) is 38.8 Å². The molecule has 0 amide bonds. The zero-order chi connectivity index (χ0) is 14.8. The van der Waals surface area contributed by atoms with Gasteiger partial charge in [-0.2, -0.15) is 0 Å². The van der Waals surface area contributed by atoms with E-state index in [4.69, 9.17) is 10.5 Å². The molecule has 0 atom stereocenters. The zero-order valence-corrected chi connectivity index (χ0v) is 12.6. The molecule has 112 valence electrons. The molecule has 3 N–H and O–H groups in total. The molecule has 1 aliphatic rings. The van der Waals surface area contributed by atoms with Crippen LogP contribution in [-0.4, -0.2) is 47.4 Å². The van der Waals surface area contributed by atoms with Crippen LogP contribution in [0, 0.1) is 13.8 Å². The van der Waals surface area contributed by atoms with Crippen LogP contribution < -0.4 is 5.73 Å². The minimum atomic E-state index is -0.642. The smallest absolute Gasteiger partial charge is 0.0817 e. The van der Waals surface area contributed by atoms with Crippen LogP contribution in [0.15, 0.2) is 6.20 Å². The molecular formula is C15H25N3O2. The third-order valence-corrected chi connectivity index (χ3v) is 4.08. The van der Waals surface area contributed by atoms with Crippen molar-refractivity contribution in [2.24, 2.45) is 0 Å². The molecule has 5 heteroatoms. The summed E-state index contributed by atoms with van der Waals surface area (Å²) < 4.78 is 5.31.